The Morgan fingerprint density at radius 3 is 2.57 bits per heavy atom. The highest BCUT2D eigenvalue weighted by Gasteiger charge is 2.11. The van der Waals surface area contributed by atoms with E-state index in [1.165, 1.54) is 24.3 Å². The Hall–Kier alpha value is -4.20. The fourth-order valence-electron chi connectivity index (χ4n) is 3.09. The van der Waals surface area contributed by atoms with Crippen molar-refractivity contribution in [3.8, 4) is 22.9 Å². The molecule has 0 saturated heterocycles. The van der Waals surface area contributed by atoms with Crippen molar-refractivity contribution in [2.75, 3.05) is 7.11 Å². The number of H-pyrrole nitrogens is 1. The number of methoxy groups -OCH3 is 1. The van der Waals surface area contributed by atoms with Gasteiger partial charge >= 0.3 is 0 Å². The molecule has 0 bridgehead atoms. The second-order valence-corrected chi connectivity index (χ2v) is 6.50. The average molecular weight is 403 g/mol. The van der Waals surface area contributed by atoms with E-state index >= 15 is 0 Å². The smallest absolute Gasteiger partial charge is 0.269 e. The number of nitro benzene ring substituents is 1. The first-order valence-corrected chi connectivity index (χ1v) is 9.09. The summed E-state index contributed by atoms with van der Waals surface area (Å²) in [7, 11) is 1.56. The van der Waals surface area contributed by atoms with Gasteiger partial charge in [0.05, 0.1) is 22.9 Å². The fraction of sp³-hybridized carbons (Fsp3) is 0.0909. The molecule has 0 amide bonds. The maximum absolute atomic E-state index is 12.4. The number of aromatic amines is 1. The van der Waals surface area contributed by atoms with Gasteiger partial charge in [0.25, 0.3) is 11.2 Å². The van der Waals surface area contributed by atoms with Crippen molar-refractivity contribution < 1.29 is 14.4 Å². The molecule has 1 N–H and O–H groups in total. The molecule has 1 heterocycles. The summed E-state index contributed by atoms with van der Waals surface area (Å²) in [5, 5.41) is 11.3. The third-order valence-electron chi connectivity index (χ3n) is 4.61. The van der Waals surface area contributed by atoms with E-state index in [0.29, 0.717) is 33.8 Å². The summed E-state index contributed by atoms with van der Waals surface area (Å²) in [5.74, 6) is 1.55. The lowest BCUT2D eigenvalue weighted by molar-refractivity contribution is -0.384. The minimum Gasteiger partial charge on any atom is -0.496 e. The molecule has 0 saturated carbocycles. The Balaban J connectivity index is 1.64. The molecule has 0 unspecified atom stereocenters. The van der Waals surface area contributed by atoms with Gasteiger partial charge < -0.3 is 14.5 Å². The maximum atomic E-state index is 12.4. The third-order valence-corrected chi connectivity index (χ3v) is 4.61. The van der Waals surface area contributed by atoms with Crippen molar-refractivity contribution in [2.24, 2.45) is 0 Å². The van der Waals surface area contributed by atoms with Gasteiger partial charge in [-0.2, -0.15) is 0 Å². The van der Waals surface area contributed by atoms with Crippen LogP contribution in [0.5, 0.6) is 11.5 Å². The van der Waals surface area contributed by atoms with Crippen molar-refractivity contribution in [3.05, 3.63) is 92.8 Å². The van der Waals surface area contributed by atoms with Crippen LogP contribution >= 0.6 is 0 Å². The molecule has 0 radical (unpaired) electrons. The number of aromatic nitrogens is 2. The van der Waals surface area contributed by atoms with Crippen LogP contribution in [-0.4, -0.2) is 22.0 Å². The lowest BCUT2D eigenvalue weighted by atomic mass is 10.1. The number of fused-ring (bicyclic) bond motifs is 1. The summed E-state index contributed by atoms with van der Waals surface area (Å²) in [5.41, 5.74) is 1.84. The first kappa shape index (κ1) is 19.1. The zero-order chi connectivity index (χ0) is 21.1. The summed E-state index contributed by atoms with van der Waals surface area (Å²) in [6, 6.07) is 18.4. The maximum Gasteiger partial charge on any atom is 0.269 e. The Labute approximate surface area is 170 Å². The summed E-state index contributed by atoms with van der Waals surface area (Å²) < 4.78 is 11.2. The number of ether oxygens (including phenoxy) is 2. The highest BCUT2D eigenvalue weighted by Crippen LogP contribution is 2.27. The number of nitrogens with one attached hydrogen (secondary N) is 1. The van der Waals surface area contributed by atoms with Crippen molar-refractivity contribution in [2.45, 2.75) is 6.61 Å². The Morgan fingerprint density at radius 1 is 1.07 bits per heavy atom. The number of hydrogen-bond acceptors (Lipinski definition) is 6. The summed E-state index contributed by atoms with van der Waals surface area (Å²) in [4.78, 5) is 30.0. The Morgan fingerprint density at radius 2 is 1.83 bits per heavy atom. The van der Waals surface area contributed by atoms with Crippen molar-refractivity contribution in [1.29, 1.82) is 0 Å². The molecule has 4 rings (SSSR count). The molecule has 0 aliphatic rings. The summed E-state index contributed by atoms with van der Waals surface area (Å²) >= 11 is 0. The quantitative estimate of drug-likeness (QED) is 0.384. The largest absolute Gasteiger partial charge is 0.496 e. The zero-order valence-electron chi connectivity index (χ0n) is 16.0. The number of nitro groups is 1. The molecule has 3 aromatic carbocycles. The number of hydrogen-bond donors (Lipinski definition) is 1. The standard InChI is InChI=1S/C22H17N3O5/c1-29-20-11-6-14(21-23-19-5-3-2-4-18(19)22(26)24-21)12-15(20)13-30-17-9-7-16(8-10-17)25(27)28/h2-12H,13H2,1H3,(H,23,24,26). The fourth-order valence-corrected chi connectivity index (χ4v) is 3.09. The van der Waals surface area contributed by atoms with Gasteiger partial charge in [-0.15, -0.1) is 0 Å². The van der Waals surface area contributed by atoms with Gasteiger partial charge in [-0.1, -0.05) is 12.1 Å². The molecular weight excluding hydrogens is 386 g/mol. The van der Waals surface area contributed by atoms with Crippen LogP contribution in [0.3, 0.4) is 0 Å². The molecule has 0 aliphatic heterocycles. The monoisotopic (exact) mass is 403 g/mol. The van der Waals surface area contributed by atoms with Crippen LogP contribution in [0.1, 0.15) is 5.56 Å². The molecule has 0 aliphatic carbocycles. The van der Waals surface area contributed by atoms with E-state index in [9.17, 15) is 14.9 Å². The Bertz CT molecular complexity index is 1280. The van der Waals surface area contributed by atoms with Gasteiger partial charge in [0.1, 0.15) is 23.9 Å². The normalized spacial score (nSPS) is 10.7. The minimum absolute atomic E-state index is 0.00624. The van der Waals surface area contributed by atoms with E-state index in [2.05, 4.69) is 9.97 Å². The van der Waals surface area contributed by atoms with Crippen LogP contribution < -0.4 is 15.0 Å². The van der Waals surface area contributed by atoms with E-state index in [1.807, 2.05) is 12.1 Å². The molecule has 8 heteroatoms. The number of non-ortho nitro benzene ring substituents is 1. The summed E-state index contributed by atoms with van der Waals surface area (Å²) in [6.07, 6.45) is 0. The minimum atomic E-state index is -0.465. The zero-order valence-corrected chi connectivity index (χ0v) is 16.0. The van der Waals surface area contributed by atoms with E-state index in [-0.39, 0.29) is 17.9 Å². The predicted molar refractivity (Wildman–Crippen MR) is 112 cm³/mol. The molecule has 0 fully saturated rings. The first-order chi connectivity index (χ1) is 14.5. The predicted octanol–water partition coefficient (Wildman–Crippen LogP) is 4.09. The molecule has 0 atom stereocenters. The van der Waals surface area contributed by atoms with Crippen molar-refractivity contribution >= 4 is 16.6 Å². The lowest BCUT2D eigenvalue weighted by Gasteiger charge is -2.12. The van der Waals surface area contributed by atoms with Gasteiger partial charge in [-0.25, -0.2) is 4.98 Å². The molecule has 30 heavy (non-hydrogen) atoms. The van der Waals surface area contributed by atoms with Crippen LogP contribution in [0.25, 0.3) is 22.3 Å². The van der Waals surface area contributed by atoms with Crippen LogP contribution in [0, 0.1) is 10.1 Å². The van der Waals surface area contributed by atoms with Gasteiger partial charge in [0.2, 0.25) is 0 Å². The van der Waals surface area contributed by atoms with Crippen LogP contribution in [0.15, 0.2) is 71.5 Å². The van der Waals surface area contributed by atoms with Crippen molar-refractivity contribution in [3.63, 3.8) is 0 Å². The van der Waals surface area contributed by atoms with E-state index in [1.54, 1.807) is 37.4 Å². The lowest BCUT2D eigenvalue weighted by Crippen LogP contribution is -2.09. The van der Waals surface area contributed by atoms with E-state index in [4.69, 9.17) is 9.47 Å². The number of benzene rings is 3. The number of rotatable bonds is 6. The molecule has 150 valence electrons. The van der Waals surface area contributed by atoms with E-state index < -0.39 is 4.92 Å². The SMILES string of the molecule is COc1ccc(-c2nc3ccccc3c(=O)[nH]2)cc1COc1ccc([N+](=O)[O-])cc1. The van der Waals surface area contributed by atoms with E-state index in [0.717, 1.165) is 5.56 Å². The molecule has 4 aromatic rings. The number of para-hydroxylation sites is 1. The second-order valence-electron chi connectivity index (χ2n) is 6.50. The first-order valence-electron chi connectivity index (χ1n) is 9.09. The highest BCUT2D eigenvalue weighted by atomic mass is 16.6. The van der Waals surface area contributed by atoms with Gasteiger partial charge in [0, 0.05) is 23.3 Å². The topological polar surface area (TPSA) is 107 Å². The second kappa shape index (κ2) is 8.04. The Kier molecular flexibility index (Phi) is 5.13. The molecule has 0 spiro atoms. The average Bonchev–Trinajstić information content (AvgIpc) is 2.77. The van der Waals surface area contributed by atoms with Crippen LogP contribution in [0.4, 0.5) is 5.69 Å². The van der Waals surface area contributed by atoms with Crippen LogP contribution in [0.2, 0.25) is 0 Å². The van der Waals surface area contributed by atoms with Gasteiger partial charge in [0.15, 0.2) is 0 Å². The molecule has 8 nitrogen and oxygen atoms in total. The number of nitrogens with zero attached hydrogens (tertiary/aromatic N) is 2. The molecule has 1 aromatic heterocycles. The van der Waals surface area contributed by atoms with Crippen molar-refractivity contribution in [1.82, 2.24) is 9.97 Å². The van der Waals surface area contributed by atoms with Crippen LogP contribution in [-0.2, 0) is 6.61 Å². The molecular formula is C22H17N3O5. The summed E-state index contributed by atoms with van der Waals surface area (Å²) in [6.45, 7) is 0.173. The third kappa shape index (κ3) is 3.83. The highest BCUT2D eigenvalue weighted by molar-refractivity contribution is 5.79. The van der Waals surface area contributed by atoms with Gasteiger partial charge in [-0.3, -0.25) is 14.9 Å². The van der Waals surface area contributed by atoms with Gasteiger partial charge in [-0.05, 0) is 42.5 Å².